The van der Waals surface area contributed by atoms with Crippen molar-refractivity contribution in [2.45, 2.75) is 32.6 Å². The van der Waals surface area contributed by atoms with Crippen LogP contribution in [0.25, 0.3) is 0 Å². The highest BCUT2D eigenvalue weighted by molar-refractivity contribution is 5.92. The van der Waals surface area contributed by atoms with Crippen LogP contribution in [0.15, 0.2) is 24.3 Å². The van der Waals surface area contributed by atoms with E-state index in [0.717, 1.165) is 56.7 Å². The number of amides is 2. The molecule has 0 radical (unpaired) electrons. The Labute approximate surface area is 155 Å². The van der Waals surface area contributed by atoms with Crippen molar-refractivity contribution in [3.63, 3.8) is 0 Å². The number of carbonyl (C=O) groups excluding carboxylic acids is 2. The molecule has 0 aromatic heterocycles. The summed E-state index contributed by atoms with van der Waals surface area (Å²) >= 11 is 0. The lowest BCUT2D eigenvalue weighted by atomic mass is 9.88. The fourth-order valence-electron chi connectivity index (χ4n) is 3.27. The van der Waals surface area contributed by atoms with E-state index < -0.39 is 0 Å². The van der Waals surface area contributed by atoms with Gasteiger partial charge in [0.2, 0.25) is 11.8 Å². The molecular formula is C19H28ClN3O2. The van der Waals surface area contributed by atoms with Crippen molar-refractivity contribution >= 4 is 29.9 Å². The summed E-state index contributed by atoms with van der Waals surface area (Å²) in [6, 6.07) is 7.86. The van der Waals surface area contributed by atoms with Crippen LogP contribution in [0.2, 0.25) is 0 Å². The standard InChI is InChI=1S/C19H27N3O2.ClH/c1-14(16-12-20-13-16)19(24)21-17-7-4-15(5-8-17)6-9-18(23)22-10-2-3-11-22;/h4-5,7-8,14,16,20H,2-3,6,9-13H2,1H3,(H,21,24);1H. The normalized spacial score (nSPS) is 18.2. The van der Waals surface area contributed by atoms with Gasteiger partial charge in [-0.2, -0.15) is 0 Å². The van der Waals surface area contributed by atoms with Gasteiger partial charge in [0.05, 0.1) is 0 Å². The van der Waals surface area contributed by atoms with E-state index in [2.05, 4.69) is 10.6 Å². The number of likely N-dealkylation sites (tertiary alicyclic amines) is 1. The molecular weight excluding hydrogens is 338 g/mol. The fourth-order valence-corrected chi connectivity index (χ4v) is 3.27. The molecule has 2 aliphatic rings. The van der Waals surface area contributed by atoms with Crippen molar-refractivity contribution in [3.05, 3.63) is 29.8 Å². The Hall–Kier alpha value is -1.59. The minimum Gasteiger partial charge on any atom is -0.343 e. The van der Waals surface area contributed by atoms with Gasteiger partial charge in [-0.3, -0.25) is 9.59 Å². The van der Waals surface area contributed by atoms with Crippen LogP contribution in [0.1, 0.15) is 31.7 Å². The van der Waals surface area contributed by atoms with E-state index in [4.69, 9.17) is 0 Å². The highest BCUT2D eigenvalue weighted by atomic mass is 35.5. The summed E-state index contributed by atoms with van der Waals surface area (Å²) in [4.78, 5) is 26.2. The zero-order valence-corrected chi connectivity index (χ0v) is 15.6. The van der Waals surface area contributed by atoms with Crippen LogP contribution in [0, 0.1) is 11.8 Å². The third-order valence-electron chi connectivity index (χ3n) is 5.24. The summed E-state index contributed by atoms with van der Waals surface area (Å²) in [6.45, 7) is 5.67. The molecule has 3 rings (SSSR count). The topological polar surface area (TPSA) is 61.4 Å². The first-order valence-corrected chi connectivity index (χ1v) is 9.02. The molecule has 0 bridgehead atoms. The molecule has 6 heteroatoms. The van der Waals surface area contributed by atoms with Gasteiger partial charge in [0.15, 0.2) is 0 Å². The monoisotopic (exact) mass is 365 g/mol. The summed E-state index contributed by atoms with van der Waals surface area (Å²) in [7, 11) is 0. The lowest BCUT2D eigenvalue weighted by molar-refractivity contribution is -0.130. The summed E-state index contributed by atoms with van der Waals surface area (Å²) in [6.07, 6.45) is 3.59. The minimum absolute atomic E-state index is 0. The molecule has 2 fully saturated rings. The second kappa shape index (κ2) is 9.20. The molecule has 0 saturated carbocycles. The lowest BCUT2D eigenvalue weighted by Crippen LogP contribution is -2.48. The Morgan fingerprint density at radius 3 is 2.40 bits per heavy atom. The quantitative estimate of drug-likeness (QED) is 0.814. The molecule has 0 spiro atoms. The average molecular weight is 366 g/mol. The van der Waals surface area contributed by atoms with Crippen molar-refractivity contribution in [3.8, 4) is 0 Å². The minimum atomic E-state index is 0. The van der Waals surface area contributed by atoms with Crippen molar-refractivity contribution < 1.29 is 9.59 Å². The van der Waals surface area contributed by atoms with Crippen LogP contribution in [0.5, 0.6) is 0 Å². The summed E-state index contributed by atoms with van der Waals surface area (Å²) in [5.74, 6) is 0.816. The molecule has 1 aromatic rings. The Bertz CT molecular complexity index is 581. The third kappa shape index (κ3) is 5.19. The van der Waals surface area contributed by atoms with Gasteiger partial charge in [-0.25, -0.2) is 0 Å². The Morgan fingerprint density at radius 2 is 1.84 bits per heavy atom. The van der Waals surface area contributed by atoms with E-state index in [1.54, 1.807) is 0 Å². The number of carbonyl (C=O) groups is 2. The molecule has 1 unspecified atom stereocenters. The second-order valence-corrected chi connectivity index (χ2v) is 6.98. The molecule has 2 saturated heterocycles. The van der Waals surface area contributed by atoms with Crippen LogP contribution in [0.4, 0.5) is 5.69 Å². The maximum Gasteiger partial charge on any atom is 0.227 e. The molecule has 2 aliphatic heterocycles. The number of rotatable bonds is 6. The van der Waals surface area contributed by atoms with Crippen LogP contribution >= 0.6 is 12.4 Å². The maximum absolute atomic E-state index is 12.2. The number of hydrogen-bond acceptors (Lipinski definition) is 3. The van der Waals surface area contributed by atoms with Gasteiger partial charge < -0.3 is 15.5 Å². The highest BCUT2D eigenvalue weighted by Crippen LogP contribution is 2.19. The van der Waals surface area contributed by atoms with Gasteiger partial charge in [0.1, 0.15) is 0 Å². The lowest BCUT2D eigenvalue weighted by Gasteiger charge is -2.31. The van der Waals surface area contributed by atoms with Crippen molar-refractivity contribution in [1.29, 1.82) is 0 Å². The Morgan fingerprint density at radius 1 is 1.20 bits per heavy atom. The number of anilines is 1. The van der Waals surface area contributed by atoms with Gasteiger partial charge in [0, 0.05) is 31.1 Å². The molecule has 2 N–H and O–H groups in total. The van der Waals surface area contributed by atoms with Crippen molar-refractivity contribution in [2.24, 2.45) is 11.8 Å². The molecule has 1 aromatic carbocycles. The number of halogens is 1. The van der Waals surface area contributed by atoms with E-state index in [1.165, 1.54) is 0 Å². The first kappa shape index (κ1) is 19.7. The number of nitrogens with one attached hydrogen (secondary N) is 2. The highest BCUT2D eigenvalue weighted by Gasteiger charge is 2.28. The van der Waals surface area contributed by atoms with E-state index in [1.807, 2.05) is 36.1 Å². The summed E-state index contributed by atoms with van der Waals surface area (Å²) < 4.78 is 0. The third-order valence-corrected chi connectivity index (χ3v) is 5.24. The van der Waals surface area contributed by atoms with Crippen molar-refractivity contribution in [2.75, 3.05) is 31.5 Å². The van der Waals surface area contributed by atoms with Gasteiger partial charge in [-0.1, -0.05) is 19.1 Å². The van der Waals surface area contributed by atoms with Crippen LogP contribution in [-0.2, 0) is 16.0 Å². The first-order valence-electron chi connectivity index (χ1n) is 9.02. The summed E-state index contributed by atoms with van der Waals surface area (Å²) in [5.41, 5.74) is 1.96. The van der Waals surface area contributed by atoms with Gasteiger partial charge in [-0.05, 0) is 56.0 Å². The zero-order valence-electron chi connectivity index (χ0n) is 14.8. The van der Waals surface area contributed by atoms with E-state index in [9.17, 15) is 9.59 Å². The van der Waals surface area contributed by atoms with Crippen LogP contribution in [-0.4, -0.2) is 42.9 Å². The molecule has 2 heterocycles. The van der Waals surface area contributed by atoms with Gasteiger partial charge in [-0.15, -0.1) is 12.4 Å². The SMILES string of the molecule is CC(C(=O)Nc1ccc(CCC(=O)N2CCCC2)cc1)C1CNC1.Cl. The van der Waals surface area contributed by atoms with E-state index in [0.29, 0.717) is 12.3 Å². The maximum atomic E-state index is 12.2. The smallest absolute Gasteiger partial charge is 0.227 e. The van der Waals surface area contributed by atoms with Crippen LogP contribution < -0.4 is 10.6 Å². The predicted molar refractivity (Wildman–Crippen MR) is 102 cm³/mol. The second-order valence-electron chi connectivity index (χ2n) is 6.98. The van der Waals surface area contributed by atoms with Gasteiger partial charge >= 0.3 is 0 Å². The molecule has 5 nitrogen and oxygen atoms in total. The van der Waals surface area contributed by atoms with Gasteiger partial charge in [0.25, 0.3) is 0 Å². The van der Waals surface area contributed by atoms with Crippen molar-refractivity contribution in [1.82, 2.24) is 10.2 Å². The predicted octanol–water partition coefficient (Wildman–Crippen LogP) is 2.46. The molecule has 1 atom stereocenters. The summed E-state index contributed by atoms with van der Waals surface area (Å²) in [5, 5.41) is 6.19. The first-order chi connectivity index (χ1) is 11.6. The van der Waals surface area contributed by atoms with Crippen LogP contribution in [0.3, 0.4) is 0 Å². The molecule has 0 aliphatic carbocycles. The number of hydrogen-bond donors (Lipinski definition) is 2. The van der Waals surface area contributed by atoms with E-state index in [-0.39, 0.29) is 30.1 Å². The number of benzene rings is 1. The largest absolute Gasteiger partial charge is 0.343 e. The number of aryl methyl sites for hydroxylation is 1. The Kier molecular flexibility index (Phi) is 7.26. The zero-order chi connectivity index (χ0) is 16.9. The number of nitrogens with zero attached hydrogens (tertiary/aromatic N) is 1. The fraction of sp³-hybridized carbons (Fsp3) is 0.579. The Balaban J connectivity index is 0.00000225. The molecule has 138 valence electrons. The molecule has 2 amide bonds. The average Bonchev–Trinajstić information content (AvgIpc) is 3.06. The molecule has 25 heavy (non-hydrogen) atoms. The van der Waals surface area contributed by atoms with E-state index >= 15 is 0 Å².